The number of hydrogen-bond acceptors (Lipinski definition) is 2. The second-order valence-electron chi connectivity index (χ2n) is 6.68. The molecule has 0 saturated heterocycles. The van der Waals surface area contributed by atoms with E-state index in [2.05, 4.69) is 52.6 Å². The van der Waals surface area contributed by atoms with Crippen LogP contribution in [0.3, 0.4) is 0 Å². The average Bonchev–Trinajstić information content (AvgIpc) is 2.55. The molecule has 1 heterocycles. The monoisotopic (exact) mass is 387 g/mol. The van der Waals surface area contributed by atoms with Crippen molar-refractivity contribution in [1.82, 2.24) is 4.98 Å². The number of aromatic nitrogens is 1. The lowest BCUT2D eigenvalue weighted by Crippen LogP contribution is -2.22. The number of halogens is 1. The van der Waals surface area contributed by atoms with Gasteiger partial charge in [-0.3, -0.25) is 0 Å². The molecular weight excluding hydrogens is 362 g/mol. The number of aryl methyl sites for hydroxylation is 1. The number of allylic oxidation sites excluding steroid dienone is 1. The summed E-state index contributed by atoms with van der Waals surface area (Å²) < 4.78 is 0.895. The first-order valence-electron chi connectivity index (χ1n) is 8.53. The summed E-state index contributed by atoms with van der Waals surface area (Å²) in [6.07, 6.45) is 6.10. The minimum absolute atomic E-state index is 0.255. The third kappa shape index (κ3) is 5.79. The third-order valence-corrected chi connectivity index (χ3v) is 5.01. The Bertz CT molecular complexity index is 656. The van der Waals surface area contributed by atoms with Crippen LogP contribution in [0.25, 0.3) is 0 Å². The maximum atomic E-state index is 10.1. The number of pyridine rings is 1. The van der Waals surface area contributed by atoms with Crippen LogP contribution in [0, 0.1) is 5.41 Å². The molecule has 24 heavy (non-hydrogen) atoms. The number of rotatable bonds is 9. The number of benzene rings is 1. The Kier molecular flexibility index (Phi) is 7.04. The molecule has 2 rings (SSSR count). The Hall–Kier alpha value is -1.61. The highest BCUT2D eigenvalue weighted by atomic mass is 79.9. The predicted octanol–water partition coefficient (Wildman–Crippen LogP) is 6.27. The van der Waals surface area contributed by atoms with Crippen molar-refractivity contribution < 1.29 is 5.11 Å². The Balaban J connectivity index is 1.80. The Morgan fingerprint density at radius 3 is 2.50 bits per heavy atom. The lowest BCUT2D eigenvalue weighted by molar-refractivity contribution is 0.218. The molecule has 0 saturated carbocycles. The molecule has 3 heteroatoms. The fourth-order valence-electron chi connectivity index (χ4n) is 2.97. The van der Waals surface area contributed by atoms with Crippen molar-refractivity contribution in [2.45, 2.75) is 45.4 Å². The van der Waals surface area contributed by atoms with Crippen molar-refractivity contribution >= 4 is 15.9 Å². The molecule has 0 radical (unpaired) electrons. The number of hydrogen-bond donors (Lipinski definition) is 1. The van der Waals surface area contributed by atoms with Crippen molar-refractivity contribution in [3.63, 3.8) is 0 Å². The smallest absolute Gasteiger partial charge is 0.106 e. The summed E-state index contributed by atoms with van der Waals surface area (Å²) >= 11 is 3.41. The summed E-state index contributed by atoms with van der Waals surface area (Å²) in [6, 6.07) is 16.4. The number of unbranched alkanes of at least 4 members (excludes halogenated alkanes) is 2. The van der Waals surface area contributed by atoms with Gasteiger partial charge in [0.25, 0.3) is 0 Å². The zero-order valence-electron chi connectivity index (χ0n) is 14.3. The van der Waals surface area contributed by atoms with E-state index in [-0.39, 0.29) is 5.41 Å². The summed E-state index contributed by atoms with van der Waals surface area (Å²) in [6.45, 7) is 5.93. The van der Waals surface area contributed by atoms with Gasteiger partial charge in [-0.1, -0.05) is 62.7 Å². The largest absolute Gasteiger partial charge is 0.512 e. The first-order chi connectivity index (χ1) is 11.5. The SMILES string of the molecule is C=C(O)C(C)(CCCCCc1cccc(Br)n1)Cc1ccccc1. The van der Waals surface area contributed by atoms with Gasteiger partial charge >= 0.3 is 0 Å². The summed E-state index contributed by atoms with van der Waals surface area (Å²) in [5, 5.41) is 10.1. The van der Waals surface area contributed by atoms with Gasteiger partial charge in [0, 0.05) is 11.1 Å². The number of aliphatic hydroxyl groups excluding tert-OH is 1. The molecule has 0 aliphatic carbocycles. The van der Waals surface area contributed by atoms with E-state index in [4.69, 9.17) is 0 Å². The second kappa shape index (κ2) is 9.03. The van der Waals surface area contributed by atoms with E-state index in [1.165, 1.54) is 5.56 Å². The van der Waals surface area contributed by atoms with E-state index in [0.29, 0.717) is 5.76 Å². The molecule has 128 valence electrons. The molecule has 0 fully saturated rings. The summed E-state index contributed by atoms with van der Waals surface area (Å²) in [7, 11) is 0. The molecule has 2 aromatic rings. The van der Waals surface area contributed by atoms with E-state index in [1.54, 1.807) is 0 Å². The second-order valence-corrected chi connectivity index (χ2v) is 7.49. The molecule has 0 bridgehead atoms. The summed E-state index contributed by atoms with van der Waals surface area (Å²) in [5.41, 5.74) is 2.12. The van der Waals surface area contributed by atoms with Gasteiger partial charge in [0.2, 0.25) is 0 Å². The maximum absolute atomic E-state index is 10.1. The summed E-state index contributed by atoms with van der Waals surface area (Å²) in [4.78, 5) is 4.47. The van der Waals surface area contributed by atoms with Gasteiger partial charge in [-0.25, -0.2) is 4.98 Å². The van der Waals surface area contributed by atoms with Crippen LogP contribution in [0.2, 0.25) is 0 Å². The quantitative estimate of drug-likeness (QED) is 0.312. The molecule has 1 atom stereocenters. The third-order valence-electron chi connectivity index (χ3n) is 4.57. The average molecular weight is 388 g/mol. The van der Waals surface area contributed by atoms with Gasteiger partial charge in [0.15, 0.2) is 0 Å². The number of aliphatic hydroxyl groups is 1. The van der Waals surface area contributed by atoms with Gasteiger partial charge in [-0.2, -0.15) is 0 Å². The van der Waals surface area contributed by atoms with E-state index in [0.717, 1.165) is 48.8 Å². The molecule has 1 unspecified atom stereocenters. The highest BCUT2D eigenvalue weighted by molar-refractivity contribution is 9.10. The molecule has 0 spiro atoms. The zero-order chi connectivity index (χ0) is 17.4. The van der Waals surface area contributed by atoms with Crippen molar-refractivity contribution in [3.8, 4) is 0 Å². The molecule has 0 aliphatic heterocycles. The van der Waals surface area contributed by atoms with Gasteiger partial charge < -0.3 is 5.11 Å². The summed E-state index contributed by atoms with van der Waals surface area (Å²) in [5.74, 6) is 0.292. The normalized spacial score (nSPS) is 13.4. The fourth-order valence-corrected chi connectivity index (χ4v) is 3.35. The standard InChI is InChI=1S/C21H26BrNO/c1-17(24)21(2,16-18-10-5-3-6-11-18)15-8-4-7-12-19-13-9-14-20(22)23-19/h3,5-6,9-11,13-14,24H,1,4,7-8,12,15-16H2,2H3. The molecule has 0 amide bonds. The van der Waals surface area contributed by atoms with Crippen molar-refractivity contribution in [1.29, 1.82) is 0 Å². The maximum Gasteiger partial charge on any atom is 0.106 e. The van der Waals surface area contributed by atoms with Gasteiger partial charge in [-0.05, 0) is 59.3 Å². The number of nitrogens with zero attached hydrogens (tertiary/aromatic N) is 1. The van der Waals surface area contributed by atoms with Crippen LogP contribution in [-0.4, -0.2) is 10.1 Å². The Morgan fingerprint density at radius 2 is 1.83 bits per heavy atom. The molecule has 1 N–H and O–H groups in total. The van der Waals surface area contributed by atoms with Gasteiger partial charge in [-0.15, -0.1) is 0 Å². The van der Waals surface area contributed by atoms with Crippen molar-refractivity contribution in [3.05, 3.63) is 76.7 Å². The molecule has 2 nitrogen and oxygen atoms in total. The van der Waals surface area contributed by atoms with Gasteiger partial charge in [0.1, 0.15) is 4.60 Å². The highest BCUT2D eigenvalue weighted by Gasteiger charge is 2.27. The molecule has 0 aliphatic rings. The minimum Gasteiger partial charge on any atom is -0.512 e. The van der Waals surface area contributed by atoms with Crippen molar-refractivity contribution in [2.75, 3.05) is 0 Å². The van der Waals surface area contributed by atoms with E-state index in [9.17, 15) is 5.11 Å². The first kappa shape index (κ1) is 18.7. The fraction of sp³-hybridized carbons (Fsp3) is 0.381. The first-order valence-corrected chi connectivity index (χ1v) is 9.33. The molecule has 1 aromatic carbocycles. The van der Waals surface area contributed by atoms with Crippen molar-refractivity contribution in [2.24, 2.45) is 5.41 Å². The lowest BCUT2D eigenvalue weighted by Gasteiger charge is -2.28. The van der Waals surface area contributed by atoms with Crippen LogP contribution in [0.5, 0.6) is 0 Å². The lowest BCUT2D eigenvalue weighted by atomic mass is 9.77. The van der Waals surface area contributed by atoms with Crippen LogP contribution >= 0.6 is 15.9 Å². The predicted molar refractivity (Wildman–Crippen MR) is 104 cm³/mol. The zero-order valence-corrected chi connectivity index (χ0v) is 15.9. The highest BCUT2D eigenvalue weighted by Crippen LogP contribution is 2.34. The van der Waals surface area contributed by atoms with Crippen LogP contribution in [0.1, 0.15) is 43.9 Å². The Labute approximate surface area is 153 Å². The van der Waals surface area contributed by atoms with Crippen LogP contribution in [0.15, 0.2) is 65.5 Å². The molecule has 1 aromatic heterocycles. The van der Waals surface area contributed by atoms with E-state index < -0.39 is 0 Å². The minimum atomic E-state index is -0.255. The van der Waals surface area contributed by atoms with Crippen LogP contribution in [-0.2, 0) is 12.8 Å². The van der Waals surface area contributed by atoms with E-state index in [1.807, 2.05) is 30.3 Å². The topological polar surface area (TPSA) is 33.1 Å². The molecular formula is C21H26BrNO. The Morgan fingerprint density at radius 1 is 1.08 bits per heavy atom. The van der Waals surface area contributed by atoms with Crippen LogP contribution < -0.4 is 0 Å². The van der Waals surface area contributed by atoms with Crippen LogP contribution in [0.4, 0.5) is 0 Å². The van der Waals surface area contributed by atoms with Gasteiger partial charge in [0.05, 0.1) is 5.76 Å². The van der Waals surface area contributed by atoms with E-state index >= 15 is 0 Å².